The minimum Gasteiger partial charge on any atom is -0.394 e. The van der Waals surface area contributed by atoms with Crippen LogP contribution in [0, 0.1) is 0 Å². The van der Waals surface area contributed by atoms with Crippen molar-refractivity contribution < 1.29 is 89.4 Å². The fourth-order valence-corrected chi connectivity index (χ4v) is 15.9. The van der Waals surface area contributed by atoms with Gasteiger partial charge in [-0.05, 0) is 64.2 Å². The molecule has 12 N–H and O–H groups in total. The van der Waals surface area contributed by atoms with Crippen LogP contribution in [0.3, 0.4) is 0 Å². The predicted octanol–water partition coefficient (Wildman–Crippen LogP) is 18.4. The lowest BCUT2D eigenvalue weighted by molar-refractivity contribution is -0.379. The van der Waals surface area contributed by atoms with E-state index in [1.54, 1.807) is 6.08 Å². The standard InChI is InChI=1S/C93H173NO18/c1-3-5-7-9-11-13-15-17-19-21-23-25-27-29-31-33-35-36-37-38-39-40-41-43-45-47-49-51-53-55-57-59-61-63-65-67-69-71-81(99)94-76(77(98)70-68-66-64-62-60-58-56-54-52-50-48-46-44-42-34-32-30-28-26-24-22-20-18-16-14-12-10-8-6-4-2)75-107-91-87(105)84(102)89(79(73-96)109-91)112-93-88(106)85(103)90(80(74-97)110-93)111-92-86(104)83(101)82(100)78(72-95)108-92/h15,17,21,23,60,62,68,70,76-80,82-93,95-98,100-106H,3-14,16,18-20,22,24-59,61,63-67,69,71-75H2,1-2H3,(H,94,99)/b17-15-,23-21-,62-60+,70-68+. The Balaban J connectivity index is 1.31. The van der Waals surface area contributed by atoms with Crippen molar-refractivity contribution in [2.45, 2.75) is 510 Å². The van der Waals surface area contributed by atoms with E-state index < -0.39 is 124 Å². The molecule has 0 aliphatic carbocycles. The average Bonchev–Trinajstić information content (AvgIpc) is 0.781. The van der Waals surface area contributed by atoms with Gasteiger partial charge in [-0.2, -0.15) is 0 Å². The van der Waals surface area contributed by atoms with Crippen molar-refractivity contribution in [1.82, 2.24) is 5.32 Å². The van der Waals surface area contributed by atoms with E-state index in [9.17, 15) is 61.0 Å². The molecule has 3 aliphatic heterocycles. The summed E-state index contributed by atoms with van der Waals surface area (Å²) in [5.41, 5.74) is 0. The summed E-state index contributed by atoms with van der Waals surface area (Å²) in [5, 5.41) is 121. The molecule has 0 bridgehead atoms. The largest absolute Gasteiger partial charge is 0.394 e. The van der Waals surface area contributed by atoms with Crippen molar-refractivity contribution in [3.63, 3.8) is 0 Å². The third-order valence-electron chi connectivity index (χ3n) is 23.3. The first-order valence-electron chi connectivity index (χ1n) is 46.9. The molecule has 0 spiro atoms. The minimum absolute atomic E-state index is 0.239. The summed E-state index contributed by atoms with van der Waals surface area (Å²) in [6.45, 7) is 1.78. The third-order valence-corrected chi connectivity index (χ3v) is 23.3. The topological polar surface area (TPSA) is 307 Å². The van der Waals surface area contributed by atoms with Gasteiger partial charge in [0.05, 0.1) is 38.6 Å². The van der Waals surface area contributed by atoms with E-state index >= 15 is 0 Å². The van der Waals surface area contributed by atoms with Crippen molar-refractivity contribution in [3.8, 4) is 0 Å². The van der Waals surface area contributed by atoms with Crippen molar-refractivity contribution in [2.75, 3.05) is 26.4 Å². The first-order chi connectivity index (χ1) is 54.8. The first kappa shape index (κ1) is 104. The van der Waals surface area contributed by atoms with Gasteiger partial charge in [0.1, 0.15) is 73.2 Å². The van der Waals surface area contributed by atoms with Gasteiger partial charge in [-0.15, -0.1) is 0 Å². The number of allylic oxidation sites excluding steroid dienone is 7. The maximum Gasteiger partial charge on any atom is 0.220 e. The fourth-order valence-electron chi connectivity index (χ4n) is 15.9. The minimum atomic E-state index is -1.98. The Morgan fingerprint density at radius 2 is 0.598 bits per heavy atom. The molecular formula is C93H173NO18. The molecule has 112 heavy (non-hydrogen) atoms. The van der Waals surface area contributed by atoms with E-state index in [1.807, 2.05) is 6.08 Å². The van der Waals surface area contributed by atoms with E-state index in [2.05, 4.69) is 55.6 Å². The molecule has 1 amide bonds. The molecule has 3 fully saturated rings. The van der Waals surface area contributed by atoms with Crippen LogP contribution >= 0.6 is 0 Å². The van der Waals surface area contributed by atoms with E-state index in [-0.39, 0.29) is 18.9 Å². The van der Waals surface area contributed by atoms with Gasteiger partial charge in [-0.25, -0.2) is 0 Å². The molecule has 19 heteroatoms. The third kappa shape index (κ3) is 50.6. The molecule has 658 valence electrons. The zero-order chi connectivity index (χ0) is 81.0. The van der Waals surface area contributed by atoms with Crippen LogP contribution in [0.25, 0.3) is 0 Å². The van der Waals surface area contributed by atoms with E-state index in [0.29, 0.717) is 12.8 Å². The second-order valence-electron chi connectivity index (χ2n) is 33.5. The Labute approximate surface area is 682 Å². The van der Waals surface area contributed by atoms with Crippen LogP contribution in [-0.4, -0.2) is 193 Å². The molecule has 19 nitrogen and oxygen atoms in total. The molecule has 0 aromatic rings. The highest BCUT2D eigenvalue weighted by Gasteiger charge is 2.54. The number of nitrogens with one attached hydrogen (secondary N) is 1. The van der Waals surface area contributed by atoms with Crippen LogP contribution in [0.2, 0.25) is 0 Å². The molecule has 0 aromatic heterocycles. The van der Waals surface area contributed by atoms with Gasteiger partial charge < -0.3 is 89.9 Å². The summed E-state index contributed by atoms with van der Waals surface area (Å²) in [7, 11) is 0. The van der Waals surface area contributed by atoms with Crippen LogP contribution in [0.15, 0.2) is 48.6 Å². The Kier molecular flexibility index (Phi) is 67.5. The SMILES string of the molecule is CCCCCCC/C=C\C/C=C\CCCCCCCCCCCCCCCCCCCCCCCCCCCC(=O)NC(COC1OC(CO)C(OC2OC(CO)C(OC3OC(CO)C(O)C(O)C3O)C(O)C2O)C(O)C1O)C(O)/C=C/CC/C=C/CCCCCCCCCCCCCCCCCCCCCCCCCC. The quantitative estimate of drug-likeness (QED) is 0.0199. The zero-order valence-electron chi connectivity index (χ0n) is 71.2. The number of ether oxygens (including phenoxy) is 6. The summed E-state index contributed by atoms with van der Waals surface area (Å²) in [6.07, 6.45) is 68.6. The fraction of sp³-hybridized carbons (Fsp3) is 0.903. The Bertz CT molecular complexity index is 2200. The number of hydrogen-bond acceptors (Lipinski definition) is 18. The molecule has 0 radical (unpaired) electrons. The summed E-state index contributed by atoms with van der Waals surface area (Å²) in [6, 6.07) is -0.992. The summed E-state index contributed by atoms with van der Waals surface area (Å²) < 4.78 is 34.5. The molecule has 3 heterocycles. The number of aliphatic hydroxyl groups is 11. The number of carbonyl (C=O) groups is 1. The smallest absolute Gasteiger partial charge is 0.220 e. The number of hydrogen-bond donors (Lipinski definition) is 12. The van der Waals surface area contributed by atoms with E-state index in [0.717, 1.165) is 44.9 Å². The monoisotopic (exact) mass is 1590 g/mol. The highest BCUT2D eigenvalue weighted by Crippen LogP contribution is 2.34. The number of unbranched alkanes of at least 4 members (excludes halogenated alkanes) is 55. The molecule has 17 atom stereocenters. The zero-order valence-corrected chi connectivity index (χ0v) is 71.2. The van der Waals surface area contributed by atoms with Crippen molar-refractivity contribution in [3.05, 3.63) is 48.6 Å². The number of amides is 1. The van der Waals surface area contributed by atoms with E-state index in [1.165, 1.54) is 327 Å². The van der Waals surface area contributed by atoms with Crippen molar-refractivity contribution in [1.29, 1.82) is 0 Å². The number of rotatable bonds is 77. The molecule has 0 saturated carbocycles. The first-order valence-corrected chi connectivity index (χ1v) is 46.9. The lowest BCUT2D eigenvalue weighted by Gasteiger charge is -2.48. The predicted molar refractivity (Wildman–Crippen MR) is 452 cm³/mol. The maximum atomic E-state index is 13.5. The Hall–Kier alpha value is -2.25. The van der Waals surface area contributed by atoms with Gasteiger partial charge in [-0.3, -0.25) is 4.79 Å². The second kappa shape index (κ2) is 72.7. The molecule has 3 rings (SSSR count). The summed E-state index contributed by atoms with van der Waals surface area (Å²) >= 11 is 0. The van der Waals surface area contributed by atoms with Crippen LogP contribution in [0.1, 0.15) is 406 Å². The maximum absolute atomic E-state index is 13.5. The van der Waals surface area contributed by atoms with Crippen molar-refractivity contribution in [2.24, 2.45) is 0 Å². The van der Waals surface area contributed by atoms with Crippen LogP contribution < -0.4 is 5.32 Å². The van der Waals surface area contributed by atoms with Crippen LogP contribution in [0.5, 0.6) is 0 Å². The Morgan fingerprint density at radius 1 is 0.321 bits per heavy atom. The molecule has 0 aromatic carbocycles. The summed E-state index contributed by atoms with van der Waals surface area (Å²) in [5.74, 6) is -0.277. The number of aliphatic hydroxyl groups excluding tert-OH is 11. The normalized spacial score (nSPS) is 25.1. The summed E-state index contributed by atoms with van der Waals surface area (Å²) in [4.78, 5) is 13.5. The molecule has 3 aliphatic rings. The lowest BCUT2D eigenvalue weighted by Crippen LogP contribution is -2.66. The van der Waals surface area contributed by atoms with Gasteiger partial charge in [0.15, 0.2) is 18.9 Å². The Morgan fingerprint density at radius 3 is 0.946 bits per heavy atom. The average molecular weight is 1590 g/mol. The molecular weight excluding hydrogens is 1420 g/mol. The van der Waals surface area contributed by atoms with Crippen LogP contribution in [0.4, 0.5) is 0 Å². The highest BCUT2D eigenvalue weighted by molar-refractivity contribution is 5.76. The van der Waals surface area contributed by atoms with Gasteiger partial charge in [-0.1, -0.05) is 383 Å². The molecule has 3 saturated heterocycles. The molecule has 17 unspecified atom stereocenters. The van der Waals surface area contributed by atoms with Gasteiger partial charge in [0.2, 0.25) is 5.91 Å². The van der Waals surface area contributed by atoms with Gasteiger partial charge >= 0.3 is 0 Å². The number of carbonyl (C=O) groups excluding carboxylic acids is 1. The van der Waals surface area contributed by atoms with Crippen LogP contribution in [-0.2, 0) is 33.2 Å². The van der Waals surface area contributed by atoms with E-state index in [4.69, 9.17) is 28.4 Å². The second-order valence-corrected chi connectivity index (χ2v) is 33.5. The van der Waals surface area contributed by atoms with Gasteiger partial charge in [0, 0.05) is 6.42 Å². The lowest BCUT2D eigenvalue weighted by atomic mass is 9.96. The van der Waals surface area contributed by atoms with Gasteiger partial charge in [0.25, 0.3) is 0 Å². The van der Waals surface area contributed by atoms with Crippen molar-refractivity contribution >= 4 is 5.91 Å². The highest BCUT2D eigenvalue weighted by atomic mass is 16.8.